The molecule has 0 aliphatic heterocycles. The van der Waals surface area contributed by atoms with Gasteiger partial charge in [0.05, 0.1) is 6.61 Å². The van der Waals surface area contributed by atoms with Crippen molar-refractivity contribution in [1.29, 1.82) is 0 Å². The first-order valence-corrected chi connectivity index (χ1v) is 6.92. The summed E-state index contributed by atoms with van der Waals surface area (Å²) < 4.78 is 5.22. The molecule has 0 aromatic heterocycles. The van der Waals surface area contributed by atoms with Crippen molar-refractivity contribution in [2.75, 3.05) is 6.61 Å². The molecule has 17 heavy (non-hydrogen) atoms. The Labute approximate surface area is 103 Å². The molecule has 0 aromatic rings. The zero-order valence-corrected chi connectivity index (χ0v) is 10.6. The molecule has 2 fully saturated rings. The smallest absolute Gasteiger partial charge is 0.334 e. The lowest BCUT2D eigenvalue weighted by molar-refractivity contribution is -0.138. The molecule has 1 atom stereocenters. The van der Waals surface area contributed by atoms with E-state index in [0.29, 0.717) is 12.5 Å². The molecule has 1 unspecified atom stereocenters. The lowest BCUT2D eigenvalue weighted by Gasteiger charge is -2.24. The third-order valence-corrected chi connectivity index (χ3v) is 4.43. The quantitative estimate of drug-likeness (QED) is 0.681. The Morgan fingerprint density at radius 2 is 2.06 bits per heavy atom. The minimum atomic E-state index is -0.0483. The lowest BCUT2D eigenvalue weighted by atomic mass is 9.81. The third kappa shape index (κ3) is 1.74. The highest BCUT2D eigenvalue weighted by atomic mass is 16.5. The third-order valence-electron chi connectivity index (χ3n) is 4.43. The van der Waals surface area contributed by atoms with E-state index in [-0.39, 0.29) is 5.97 Å². The molecule has 0 spiro atoms. The van der Waals surface area contributed by atoms with Gasteiger partial charge in [-0.15, -0.1) is 0 Å². The summed E-state index contributed by atoms with van der Waals surface area (Å²) in [6.07, 6.45) is 8.34. The van der Waals surface area contributed by atoms with E-state index in [1.54, 1.807) is 11.1 Å². The average Bonchev–Trinajstić information content (AvgIpc) is 2.95. The van der Waals surface area contributed by atoms with Gasteiger partial charge in [-0.2, -0.15) is 0 Å². The molecule has 0 bridgehead atoms. The molecule has 92 valence electrons. The highest BCUT2D eigenvalue weighted by Crippen LogP contribution is 2.49. The summed E-state index contributed by atoms with van der Waals surface area (Å²) in [5, 5.41) is 0. The molecule has 0 aromatic carbocycles. The fourth-order valence-electron chi connectivity index (χ4n) is 3.77. The highest BCUT2D eigenvalue weighted by Gasteiger charge is 2.36. The summed E-state index contributed by atoms with van der Waals surface area (Å²) in [6.45, 7) is 2.38. The van der Waals surface area contributed by atoms with Crippen molar-refractivity contribution in [2.24, 2.45) is 5.92 Å². The number of rotatable bonds is 2. The molecule has 0 N–H and O–H groups in total. The molecule has 0 radical (unpaired) electrons. The van der Waals surface area contributed by atoms with Gasteiger partial charge in [0.1, 0.15) is 0 Å². The first-order chi connectivity index (χ1) is 8.31. The predicted octanol–water partition coefficient (Wildman–Crippen LogP) is 3.53. The van der Waals surface area contributed by atoms with Gasteiger partial charge in [0.25, 0.3) is 0 Å². The van der Waals surface area contributed by atoms with Gasteiger partial charge in [0, 0.05) is 5.57 Å². The number of ether oxygens (including phenoxy) is 1. The number of esters is 1. The summed E-state index contributed by atoms with van der Waals surface area (Å²) >= 11 is 0. The van der Waals surface area contributed by atoms with Crippen LogP contribution in [0.25, 0.3) is 0 Å². The molecule has 3 aliphatic rings. The largest absolute Gasteiger partial charge is 0.463 e. The summed E-state index contributed by atoms with van der Waals surface area (Å²) in [5.74, 6) is 0.610. The van der Waals surface area contributed by atoms with Crippen LogP contribution in [0.15, 0.2) is 22.3 Å². The van der Waals surface area contributed by atoms with Crippen LogP contribution in [0, 0.1) is 5.92 Å². The van der Waals surface area contributed by atoms with Crippen LogP contribution in [-0.2, 0) is 9.53 Å². The van der Waals surface area contributed by atoms with Crippen LogP contribution in [0.2, 0.25) is 0 Å². The second-order valence-electron chi connectivity index (χ2n) is 5.33. The van der Waals surface area contributed by atoms with Crippen molar-refractivity contribution in [3.05, 3.63) is 22.3 Å². The topological polar surface area (TPSA) is 26.3 Å². The van der Waals surface area contributed by atoms with E-state index >= 15 is 0 Å². The van der Waals surface area contributed by atoms with E-state index in [4.69, 9.17) is 4.74 Å². The van der Waals surface area contributed by atoms with E-state index in [9.17, 15) is 4.79 Å². The molecule has 2 saturated carbocycles. The van der Waals surface area contributed by atoms with Crippen LogP contribution < -0.4 is 0 Å². The number of allylic oxidation sites excluding steroid dienone is 3. The van der Waals surface area contributed by atoms with Gasteiger partial charge in [-0.3, -0.25) is 0 Å². The Morgan fingerprint density at radius 1 is 1.24 bits per heavy atom. The lowest BCUT2D eigenvalue weighted by Crippen LogP contribution is -2.17. The monoisotopic (exact) mass is 232 g/mol. The maximum absolute atomic E-state index is 12.0. The van der Waals surface area contributed by atoms with Gasteiger partial charge in [0.2, 0.25) is 0 Å². The fraction of sp³-hybridized carbons (Fsp3) is 0.667. The van der Waals surface area contributed by atoms with Crippen molar-refractivity contribution in [2.45, 2.75) is 51.9 Å². The van der Waals surface area contributed by atoms with Gasteiger partial charge in [-0.1, -0.05) is 5.57 Å². The predicted molar refractivity (Wildman–Crippen MR) is 66.5 cm³/mol. The summed E-state index contributed by atoms with van der Waals surface area (Å²) in [4.78, 5) is 12.0. The zero-order chi connectivity index (χ0) is 11.8. The second kappa shape index (κ2) is 4.32. The van der Waals surface area contributed by atoms with Crippen LogP contribution in [0.4, 0.5) is 0 Å². The molecular formula is C15H20O2. The normalized spacial score (nSPS) is 27.2. The van der Waals surface area contributed by atoms with Crippen LogP contribution >= 0.6 is 0 Å². The molecule has 2 heteroatoms. The summed E-state index contributed by atoms with van der Waals surface area (Å²) in [5.41, 5.74) is 5.60. The van der Waals surface area contributed by atoms with Crippen LogP contribution in [0.5, 0.6) is 0 Å². The molecule has 3 aliphatic carbocycles. The molecule has 0 heterocycles. The standard InChI is InChI=1S/C15H20O2/c1-2-17-15(16)14-9-10-5-3-6-11(10)12-7-4-8-13(12)14/h10H,2-9H2,1H3. The van der Waals surface area contributed by atoms with E-state index in [1.807, 2.05) is 6.92 Å². The minimum absolute atomic E-state index is 0.0483. The summed E-state index contributed by atoms with van der Waals surface area (Å²) in [6, 6.07) is 0. The first kappa shape index (κ1) is 11.1. The number of carbonyl (C=O) groups is 1. The van der Waals surface area contributed by atoms with E-state index < -0.39 is 0 Å². The fourth-order valence-corrected chi connectivity index (χ4v) is 3.77. The minimum Gasteiger partial charge on any atom is -0.463 e. The Kier molecular flexibility index (Phi) is 2.81. The Bertz CT molecular complexity index is 415. The van der Waals surface area contributed by atoms with E-state index in [0.717, 1.165) is 18.4 Å². The van der Waals surface area contributed by atoms with Crippen LogP contribution in [0.3, 0.4) is 0 Å². The van der Waals surface area contributed by atoms with Gasteiger partial charge < -0.3 is 4.74 Å². The van der Waals surface area contributed by atoms with Crippen molar-refractivity contribution < 1.29 is 9.53 Å². The summed E-state index contributed by atoms with van der Waals surface area (Å²) in [7, 11) is 0. The van der Waals surface area contributed by atoms with Gasteiger partial charge in [-0.05, 0) is 68.9 Å². The zero-order valence-electron chi connectivity index (χ0n) is 10.6. The van der Waals surface area contributed by atoms with Crippen molar-refractivity contribution in [1.82, 2.24) is 0 Å². The van der Waals surface area contributed by atoms with E-state index in [1.165, 1.54) is 37.7 Å². The number of hydrogen-bond donors (Lipinski definition) is 0. The van der Waals surface area contributed by atoms with Crippen LogP contribution in [0.1, 0.15) is 51.9 Å². The van der Waals surface area contributed by atoms with Crippen molar-refractivity contribution in [3.8, 4) is 0 Å². The first-order valence-electron chi connectivity index (χ1n) is 6.92. The molecule has 0 saturated heterocycles. The number of fused-ring (bicyclic) bond motifs is 2. The van der Waals surface area contributed by atoms with Crippen LogP contribution in [-0.4, -0.2) is 12.6 Å². The number of carbonyl (C=O) groups excluding carboxylic acids is 1. The molecule has 0 amide bonds. The van der Waals surface area contributed by atoms with Gasteiger partial charge in [0.15, 0.2) is 0 Å². The van der Waals surface area contributed by atoms with Gasteiger partial charge >= 0.3 is 5.97 Å². The van der Waals surface area contributed by atoms with Gasteiger partial charge in [-0.25, -0.2) is 4.79 Å². The van der Waals surface area contributed by atoms with Crippen molar-refractivity contribution >= 4 is 5.97 Å². The Balaban J connectivity index is 1.98. The Morgan fingerprint density at radius 3 is 2.88 bits per heavy atom. The molecular weight excluding hydrogens is 212 g/mol. The van der Waals surface area contributed by atoms with Crippen molar-refractivity contribution in [3.63, 3.8) is 0 Å². The second-order valence-corrected chi connectivity index (χ2v) is 5.33. The maximum Gasteiger partial charge on any atom is 0.334 e. The molecule has 3 rings (SSSR count). The van der Waals surface area contributed by atoms with E-state index in [2.05, 4.69) is 0 Å². The Hall–Kier alpha value is -1.05. The average molecular weight is 232 g/mol. The maximum atomic E-state index is 12.0. The SMILES string of the molecule is CCOC(=O)C1=C2CCCC2=C2CCCC2C1. The number of hydrogen-bond acceptors (Lipinski definition) is 2. The highest BCUT2D eigenvalue weighted by molar-refractivity contribution is 5.91. The molecule has 2 nitrogen and oxygen atoms in total.